The Labute approximate surface area is 172 Å². The van der Waals surface area contributed by atoms with Crippen LogP contribution in [0.3, 0.4) is 0 Å². The molecule has 1 saturated heterocycles. The number of amides is 2. The number of nitrogens with one attached hydrogen (secondary N) is 1. The number of carboxylic acid groups (broad SMARTS) is 2. The molecular formula is C17H16N4O6S2. The summed E-state index contributed by atoms with van der Waals surface area (Å²) in [5.74, 6) is -3.31. The van der Waals surface area contributed by atoms with Gasteiger partial charge in [0.25, 0.3) is 11.8 Å². The fraction of sp³-hybridized carbons (Fsp3) is 0.235. The maximum atomic E-state index is 12.8. The molecule has 1 aromatic heterocycles. The van der Waals surface area contributed by atoms with Crippen molar-refractivity contribution in [2.75, 3.05) is 11.5 Å². The predicted molar refractivity (Wildman–Crippen MR) is 107 cm³/mol. The maximum Gasteiger partial charge on any atom is 0.352 e. The Kier molecular flexibility index (Phi) is 5.75. The van der Waals surface area contributed by atoms with E-state index in [-0.39, 0.29) is 22.1 Å². The summed E-state index contributed by atoms with van der Waals surface area (Å²) < 4.78 is 0. The standard InChI is InChI=1S/C17H16N4O6S2/c1-2-7-5-28-15-11(14(25)21(15)12(7)16(26)27)20-13(24)8(3-4-10(22)23)9-6-29-17(18)19-9/h2-3,6,11,15H,1,4-5H2,(H2,18,19)(H,20,24)(H,22,23)(H,26,27)/b8-3-/t11-,15-/m1/s1. The molecule has 0 aliphatic carbocycles. The van der Waals surface area contributed by atoms with Gasteiger partial charge in [-0.1, -0.05) is 18.7 Å². The Balaban J connectivity index is 1.82. The Bertz CT molecular complexity index is 982. The van der Waals surface area contributed by atoms with Crippen LogP contribution in [0, 0.1) is 0 Å². The molecule has 0 aromatic carbocycles. The molecule has 1 fully saturated rings. The summed E-state index contributed by atoms with van der Waals surface area (Å²) in [5.41, 5.74) is 6.05. The number of nitrogen functional groups attached to an aromatic ring is 1. The zero-order valence-electron chi connectivity index (χ0n) is 14.8. The van der Waals surface area contributed by atoms with E-state index in [1.54, 1.807) is 0 Å². The van der Waals surface area contributed by atoms with Crippen LogP contribution in [0.15, 0.2) is 35.4 Å². The lowest BCUT2D eigenvalue weighted by atomic mass is 10.0. The van der Waals surface area contributed by atoms with Crippen LogP contribution < -0.4 is 11.1 Å². The Hall–Kier alpha value is -3.12. The molecule has 2 aliphatic heterocycles. The van der Waals surface area contributed by atoms with Gasteiger partial charge in [-0.3, -0.25) is 19.3 Å². The van der Waals surface area contributed by atoms with Gasteiger partial charge in [-0.05, 0) is 5.57 Å². The van der Waals surface area contributed by atoms with Crippen molar-refractivity contribution in [1.29, 1.82) is 0 Å². The fourth-order valence-electron chi connectivity index (χ4n) is 2.93. The molecule has 0 radical (unpaired) electrons. The van der Waals surface area contributed by atoms with Crippen molar-refractivity contribution >= 4 is 57.6 Å². The number of hydrogen-bond acceptors (Lipinski definition) is 8. The van der Waals surface area contributed by atoms with Crippen molar-refractivity contribution in [2.45, 2.75) is 17.8 Å². The van der Waals surface area contributed by atoms with Gasteiger partial charge in [0.15, 0.2) is 5.13 Å². The van der Waals surface area contributed by atoms with Gasteiger partial charge in [0.05, 0.1) is 17.7 Å². The molecule has 0 spiro atoms. The number of allylic oxidation sites excluding steroid dienone is 1. The molecule has 5 N–H and O–H groups in total. The van der Waals surface area contributed by atoms with E-state index in [4.69, 9.17) is 10.8 Å². The third-order valence-corrected chi connectivity index (χ3v) is 6.23. The summed E-state index contributed by atoms with van der Waals surface area (Å²) >= 11 is 2.39. The zero-order chi connectivity index (χ0) is 21.3. The largest absolute Gasteiger partial charge is 0.481 e. The normalized spacial score (nSPS) is 21.3. The number of thioether (sulfide) groups is 1. The average molecular weight is 436 g/mol. The molecule has 3 rings (SSSR count). The topological polar surface area (TPSA) is 163 Å². The number of nitrogens with two attached hydrogens (primary N) is 1. The number of aliphatic carboxylic acids is 2. The van der Waals surface area contributed by atoms with Crippen LogP contribution in [0.1, 0.15) is 12.1 Å². The summed E-state index contributed by atoms with van der Waals surface area (Å²) in [6.07, 6.45) is 2.17. The molecular weight excluding hydrogens is 420 g/mol. The summed E-state index contributed by atoms with van der Waals surface area (Å²) in [4.78, 5) is 52.9. The number of aromatic nitrogens is 1. The summed E-state index contributed by atoms with van der Waals surface area (Å²) in [5, 5.41) is 22.0. The summed E-state index contributed by atoms with van der Waals surface area (Å²) in [6, 6.07) is -0.947. The maximum absolute atomic E-state index is 12.8. The van der Waals surface area contributed by atoms with Crippen molar-refractivity contribution in [2.24, 2.45) is 0 Å². The first-order valence-electron chi connectivity index (χ1n) is 8.22. The average Bonchev–Trinajstić information content (AvgIpc) is 3.10. The van der Waals surface area contributed by atoms with Gasteiger partial charge in [-0.25, -0.2) is 9.78 Å². The molecule has 1 aromatic rings. The van der Waals surface area contributed by atoms with E-state index in [1.165, 1.54) is 29.3 Å². The van der Waals surface area contributed by atoms with E-state index in [9.17, 15) is 24.3 Å². The fourth-order valence-corrected chi connectivity index (χ4v) is 4.84. The van der Waals surface area contributed by atoms with Gasteiger partial charge in [0.2, 0.25) is 0 Å². The second-order valence-corrected chi connectivity index (χ2v) is 8.03. The number of carbonyl (C=O) groups excluding carboxylic acids is 2. The Morgan fingerprint density at radius 2 is 2.14 bits per heavy atom. The number of thiazole rings is 1. The number of hydrogen-bond donors (Lipinski definition) is 4. The quantitative estimate of drug-likeness (QED) is 0.352. The molecule has 0 saturated carbocycles. The van der Waals surface area contributed by atoms with E-state index in [2.05, 4.69) is 16.9 Å². The van der Waals surface area contributed by atoms with Crippen LogP contribution >= 0.6 is 23.1 Å². The highest BCUT2D eigenvalue weighted by Gasteiger charge is 2.54. The third-order valence-electron chi connectivity index (χ3n) is 4.26. The number of rotatable bonds is 7. The van der Waals surface area contributed by atoms with E-state index in [0.29, 0.717) is 11.3 Å². The molecule has 3 heterocycles. The van der Waals surface area contributed by atoms with Crippen LogP contribution in [0.2, 0.25) is 0 Å². The smallest absolute Gasteiger partial charge is 0.352 e. The van der Waals surface area contributed by atoms with Gasteiger partial charge in [-0.2, -0.15) is 0 Å². The SMILES string of the molecule is C=CC1=C(C(=O)O)N2C(=O)[C@@H](NC(=O)/C(=C\CC(=O)O)c3csc(N)n3)[C@H]2SC1. The monoisotopic (exact) mass is 436 g/mol. The van der Waals surface area contributed by atoms with Gasteiger partial charge in [0.1, 0.15) is 17.1 Å². The van der Waals surface area contributed by atoms with Crippen molar-refractivity contribution in [3.05, 3.63) is 41.1 Å². The first-order valence-corrected chi connectivity index (χ1v) is 10.1. The number of β-lactam (4-membered cyclic amide) rings is 1. The van der Waals surface area contributed by atoms with Crippen molar-refractivity contribution in [1.82, 2.24) is 15.2 Å². The molecule has 0 bridgehead atoms. The lowest BCUT2D eigenvalue weighted by molar-refractivity contribution is -0.150. The summed E-state index contributed by atoms with van der Waals surface area (Å²) in [6.45, 7) is 3.57. The molecule has 0 unspecified atom stereocenters. The number of carboxylic acids is 2. The lowest BCUT2D eigenvalue weighted by Gasteiger charge is -2.49. The molecule has 2 atom stereocenters. The number of carbonyl (C=O) groups is 4. The highest BCUT2D eigenvalue weighted by atomic mass is 32.2. The second-order valence-electron chi connectivity index (χ2n) is 6.03. The molecule has 152 valence electrons. The molecule has 2 amide bonds. The van der Waals surface area contributed by atoms with Crippen molar-refractivity contribution in [3.63, 3.8) is 0 Å². The molecule has 10 nitrogen and oxygen atoms in total. The van der Waals surface area contributed by atoms with Crippen LogP contribution in [0.5, 0.6) is 0 Å². The van der Waals surface area contributed by atoms with Gasteiger partial charge < -0.3 is 21.3 Å². The van der Waals surface area contributed by atoms with Crippen LogP contribution in [0.25, 0.3) is 5.57 Å². The molecule has 12 heteroatoms. The minimum atomic E-state index is -1.25. The van der Waals surface area contributed by atoms with E-state index in [1.807, 2.05) is 0 Å². The predicted octanol–water partition coefficient (Wildman–Crippen LogP) is 0.508. The van der Waals surface area contributed by atoms with E-state index < -0.39 is 41.6 Å². The minimum Gasteiger partial charge on any atom is -0.481 e. The highest BCUT2D eigenvalue weighted by Crippen LogP contribution is 2.40. The minimum absolute atomic E-state index is 0.0202. The second kappa shape index (κ2) is 8.09. The first-order chi connectivity index (χ1) is 13.7. The number of nitrogens with zero attached hydrogens (tertiary/aromatic N) is 2. The van der Waals surface area contributed by atoms with Crippen molar-refractivity contribution < 1.29 is 29.4 Å². The zero-order valence-corrected chi connectivity index (χ0v) is 16.5. The summed E-state index contributed by atoms with van der Waals surface area (Å²) in [7, 11) is 0. The van der Waals surface area contributed by atoms with Crippen LogP contribution in [-0.2, 0) is 19.2 Å². The Morgan fingerprint density at radius 3 is 2.69 bits per heavy atom. The number of fused-ring (bicyclic) bond motifs is 1. The van der Waals surface area contributed by atoms with E-state index >= 15 is 0 Å². The number of anilines is 1. The third kappa shape index (κ3) is 3.89. The van der Waals surface area contributed by atoms with Crippen molar-refractivity contribution in [3.8, 4) is 0 Å². The van der Waals surface area contributed by atoms with E-state index in [0.717, 1.165) is 16.2 Å². The van der Waals surface area contributed by atoms with Gasteiger partial charge in [0, 0.05) is 11.1 Å². The van der Waals surface area contributed by atoms with Gasteiger partial charge >= 0.3 is 11.9 Å². The van der Waals surface area contributed by atoms with Crippen LogP contribution in [-0.4, -0.2) is 61.0 Å². The van der Waals surface area contributed by atoms with Crippen LogP contribution in [0.4, 0.5) is 5.13 Å². The van der Waals surface area contributed by atoms with Gasteiger partial charge in [-0.15, -0.1) is 23.1 Å². The lowest BCUT2D eigenvalue weighted by Crippen LogP contribution is -2.70. The molecule has 2 aliphatic rings. The first kappa shape index (κ1) is 20.6. The Morgan fingerprint density at radius 1 is 1.41 bits per heavy atom. The molecule has 29 heavy (non-hydrogen) atoms. The highest BCUT2D eigenvalue weighted by molar-refractivity contribution is 8.00.